The maximum atomic E-state index is 10.1. The van der Waals surface area contributed by atoms with E-state index in [0.717, 1.165) is 0 Å². The van der Waals surface area contributed by atoms with Crippen LogP contribution >= 0.6 is 11.8 Å². The van der Waals surface area contributed by atoms with E-state index in [4.69, 9.17) is 17.3 Å². The number of carboxylic acid groups (broad SMARTS) is 1. The van der Waals surface area contributed by atoms with Crippen LogP contribution in [0.4, 0.5) is 0 Å². The number of rotatable bonds is 4. The SMILES string of the molecule is C#CSCCC(N)C(=O)O. The maximum Gasteiger partial charge on any atom is 0.320 e. The van der Waals surface area contributed by atoms with Crippen molar-refractivity contribution >= 4 is 17.7 Å². The summed E-state index contributed by atoms with van der Waals surface area (Å²) in [6.07, 6.45) is 5.34. The number of aliphatic carboxylic acids is 1. The standard InChI is InChI=1S/C6H9NO2S/c1-2-10-4-3-5(7)6(8)9/h1,5H,3-4,7H2,(H,8,9). The Labute approximate surface area is 64.0 Å². The van der Waals surface area contributed by atoms with E-state index in [9.17, 15) is 4.79 Å². The predicted octanol–water partition coefficient (Wildman–Crippen LogP) is 0.112. The first kappa shape index (κ1) is 9.34. The second kappa shape index (κ2) is 5.15. The van der Waals surface area contributed by atoms with E-state index in [1.807, 2.05) is 0 Å². The van der Waals surface area contributed by atoms with E-state index in [1.165, 1.54) is 11.8 Å². The van der Waals surface area contributed by atoms with Crippen molar-refractivity contribution in [2.45, 2.75) is 12.5 Å². The summed E-state index contributed by atoms with van der Waals surface area (Å²) in [6.45, 7) is 0. The molecule has 0 heterocycles. The molecule has 10 heavy (non-hydrogen) atoms. The molecule has 0 amide bonds. The molecule has 1 unspecified atom stereocenters. The lowest BCUT2D eigenvalue weighted by atomic mass is 10.2. The largest absolute Gasteiger partial charge is 0.480 e. The van der Waals surface area contributed by atoms with Gasteiger partial charge in [-0.1, -0.05) is 11.8 Å². The van der Waals surface area contributed by atoms with Gasteiger partial charge < -0.3 is 10.8 Å². The lowest BCUT2D eigenvalue weighted by molar-refractivity contribution is -0.138. The molecule has 3 N–H and O–H groups in total. The first-order valence-electron chi connectivity index (χ1n) is 2.74. The third-order valence-corrected chi connectivity index (χ3v) is 1.54. The molecule has 4 heteroatoms. The van der Waals surface area contributed by atoms with Gasteiger partial charge in [0.05, 0.1) is 0 Å². The van der Waals surface area contributed by atoms with Gasteiger partial charge in [-0.15, -0.1) is 6.42 Å². The highest BCUT2D eigenvalue weighted by Crippen LogP contribution is 2.00. The van der Waals surface area contributed by atoms with Gasteiger partial charge in [-0.25, -0.2) is 0 Å². The van der Waals surface area contributed by atoms with Gasteiger partial charge in [0.2, 0.25) is 0 Å². The Balaban J connectivity index is 3.32. The molecule has 0 aromatic heterocycles. The summed E-state index contributed by atoms with van der Waals surface area (Å²) in [5.74, 6) is -0.373. The van der Waals surface area contributed by atoms with Crippen molar-refractivity contribution in [3.63, 3.8) is 0 Å². The zero-order valence-corrected chi connectivity index (χ0v) is 6.23. The minimum atomic E-state index is -0.974. The summed E-state index contributed by atoms with van der Waals surface area (Å²) >= 11 is 1.24. The number of nitrogens with two attached hydrogens (primary N) is 1. The van der Waals surface area contributed by atoms with Gasteiger partial charge in [-0.2, -0.15) is 0 Å². The molecule has 0 saturated heterocycles. The first-order chi connectivity index (χ1) is 4.68. The lowest BCUT2D eigenvalue weighted by Gasteiger charge is -2.01. The first-order valence-corrected chi connectivity index (χ1v) is 3.73. The van der Waals surface area contributed by atoms with Crippen molar-refractivity contribution in [2.75, 3.05) is 5.75 Å². The Kier molecular flexibility index (Phi) is 4.81. The van der Waals surface area contributed by atoms with Crippen LogP contribution in [0.3, 0.4) is 0 Å². The van der Waals surface area contributed by atoms with Crippen LogP contribution in [-0.4, -0.2) is 22.9 Å². The Morgan fingerprint density at radius 2 is 2.50 bits per heavy atom. The van der Waals surface area contributed by atoms with Crippen LogP contribution in [-0.2, 0) is 4.79 Å². The minimum Gasteiger partial charge on any atom is -0.480 e. The summed E-state index contributed by atoms with van der Waals surface area (Å²) in [5, 5.41) is 10.6. The molecule has 1 atom stereocenters. The Bertz CT molecular complexity index is 152. The number of carboxylic acids is 1. The van der Waals surface area contributed by atoms with E-state index >= 15 is 0 Å². The second-order valence-electron chi connectivity index (χ2n) is 1.70. The molecule has 0 rings (SSSR count). The fraction of sp³-hybridized carbons (Fsp3) is 0.500. The molecule has 0 fully saturated rings. The van der Waals surface area contributed by atoms with Crippen LogP contribution < -0.4 is 5.73 Å². The average Bonchev–Trinajstić information content (AvgIpc) is 1.88. The van der Waals surface area contributed by atoms with Crippen molar-refractivity contribution in [1.82, 2.24) is 0 Å². The van der Waals surface area contributed by atoms with Crippen molar-refractivity contribution in [3.05, 3.63) is 0 Å². The molecule has 0 aliphatic rings. The molecule has 0 aliphatic carbocycles. The number of hydrogen-bond donors (Lipinski definition) is 2. The fourth-order valence-corrected chi connectivity index (χ4v) is 0.858. The fourth-order valence-electron chi connectivity index (χ4n) is 0.368. The summed E-state index contributed by atoms with van der Waals surface area (Å²) < 4.78 is 0. The zero-order valence-electron chi connectivity index (χ0n) is 5.41. The van der Waals surface area contributed by atoms with Gasteiger partial charge in [-0.05, 0) is 11.7 Å². The van der Waals surface area contributed by atoms with Crippen LogP contribution in [0.2, 0.25) is 0 Å². The summed E-state index contributed by atoms with van der Waals surface area (Å²) in [6, 6.07) is -0.777. The number of hydrogen-bond acceptors (Lipinski definition) is 3. The van der Waals surface area contributed by atoms with Gasteiger partial charge in [0.1, 0.15) is 6.04 Å². The van der Waals surface area contributed by atoms with Crippen LogP contribution in [0.5, 0.6) is 0 Å². The van der Waals surface area contributed by atoms with Gasteiger partial charge >= 0.3 is 5.97 Å². The predicted molar refractivity (Wildman–Crippen MR) is 41.5 cm³/mol. The van der Waals surface area contributed by atoms with Crippen molar-refractivity contribution in [2.24, 2.45) is 5.73 Å². The summed E-state index contributed by atoms with van der Waals surface area (Å²) in [5.41, 5.74) is 5.18. The highest BCUT2D eigenvalue weighted by molar-refractivity contribution is 8.03. The molecule has 0 saturated carbocycles. The van der Waals surface area contributed by atoms with Crippen molar-refractivity contribution in [1.29, 1.82) is 0 Å². The number of terminal acetylenes is 1. The molecular formula is C6H9NO2S. The van der Waals surface area contributed by atoms with Crippen LogP contribution in [0, 0.1) is 11.7 Å². The third kappa shape index (κ3) is 4.24. The zero-order chi connectivity index (χ0) is 7.98. The summed E-state index contributed by atoms with van der Waals surface area (Å²) in [4.78, 5) is 10.1. The Morgan fingerprint density at radius 1 is 1.90 bits per heavy atom. The highest BCUT2D eigenvalue weighted by Gasteiger charge is 2.09. The number of carbonyl (C=O) groups is 1. The Hall–Kier alpha value is -0.660. The molecule has 0 spiro atoms. The minimum absolute atomic E-state index is 0.421. The molecule has 0 aliphatic heterocycles. The molecule has 0 bridgehead atoms. The van der Waals surface area contributed by atoms with Gasteiger partial charge in [0.25, 0.3) is 0 Å². The van der Waals surface area contributed by atoms with Crippen LogP contribution in [0.15, 0.2) is 0 Å². The monoisotopic (exact) mass is 159 g/mol. The van der Waals surface area contributed by atoms with E-state index < -0.39 is 12.0 Å². The average molecular weight is 159 g/mol. The van der Waals surface area contributed by atoms with Crippen molar-refractivity contribution in [3.8, 4) is 11.7 Å². The molecular weight excluding hydrogens is 150 g/mol. The van der Waals surface area contributed by atoms with Gasteiger partial charge in [0.15, 0.2) is 0 Å². The third-order valence-electron chi connectivity index (χ3n) is 0.931. The smallest absolute Gasteiger partial charge is 0.320 e. The van der Waals surface area contributed by atoms with Crippen molar-refractivity contribution < 1.29 is 9.90 Å². The topological polar surface area (TPSA) is 63.3 Å². The van der Waals surface area contributed by atoms with Gasteiger partial charge in [0, 0.05) is 5.75 Å². The van der Waals surface area contributed by atoms with E-state index in [-0.39, 0.29) is 0 Å². The lowest BCUT2D eigenvalue weighted by Crippen LogP contribution is -2.30. The summed E-state index contributed by atoms with van der Waals surface area (Å²) in [7, 11) is 0. The second-order valence-corrected chi connectivity index (χ2v) is 2.63. The molecule has 3 nitrogen and oxygen atoms in total. The van der Waals surface area contributed by atoms with E-state index in [0.29, 0.717) is 12.2 Å². The van der Waals surface area contributed by atoms with E-state index in [2.05, 4.69) is 5.25 Å². The normalized spacial score (nSPS) is 12.0. The van der Waals surface area contributed by atoms with Gasteiger partial charge in [-0.3, -0.25) is 4.79 Å². The molecule has 0 radical (unpaired) electrons. The van der Waals surface area contributed by atoms with Crippen LogP contribution in [0.25, 0.3) is 0 Å². The number of thioether (sulfide) groups is 1. The molecule has 0 aromatic rings. The molecule has 56 valence electrons. The molecule has 0 aromatic carbocycles. The van der Waals surface area contributed by atoms with Crippen LogP contribution in [0.1, 0.15) is 6.42 Å². The highest BCUT2D eigenvalue weighted by atomic mass is 32.2. The maximum absolute atomic E-state index is 10.1. The Morgan fingerprint density at radius 3 is 2.90 bits per heavy atom. The quantitative estimate of drug-likeness (QED) is 0.451. The van der Waals surface area contributed by atoms with E-state index in [1.54, 1.807) is 0 Å².